The highest BCUT2D eigenvalue weighted by atomic mass is 35.5. The van der Waals surface area contributed by atoms with Gasteiger partial charge in [-0.05, 0) is 49.7 Å². The molecule has 128 valence electrons. The molecule has 3 aliphatic heterocycles. The molecular weight excluding hydrogens is 320 g/mol. The zero-order valence-electron chi connectivity index (χ0n) is 14.3. The molecule has 0 bridgehead atoms. The second-order valence-electron chi connectivity index (χ2n) is 7.00. The SMILES string of the molecule is CN1CC2=C(CN3CCCC3)N(Cc3ccc(Cl)cc3)CC=C2N1. The number of benzene rings is 1. The van der Waals surface area contributed by atoms with Gasteiger partial charge in [-0.2, -0.15) is 0 Å². The van der Waals surface area contributed by atoms with Crippen molar-refractivity contribution in [1.82, 2.24) is 20.2 Å². The molecule has 1 aromatic rings. The lowest BCUT2D eigenvalue weighted by molar-refractivity contribution is 0.285. The molecule has 24 heavy (non-hydrogen) atoms. The Morgan fingerprint density at radius 3 is 2.58 bits per heavy atom. The van der Waals surface area contributed by atoms with Crippen molar-refractivity contribution in [3.05, 3.63) is 57.9 Å². The molecular formula is C19H25ClN4. The molecule has 0 aromatic heterocycles. The predicted molar refractivity (Wildman–Crippen MR) is 98.4 cm³/mol. The fraction of sp³-hybridized carbons (Fsp3) is 0.474. The smallest absolute Gasteiger partial charge is 0.0531 e. The van der Waals surface area contributed by atoms with Crippen LogP contribution in [-0.4, -0.2) is 54.6 Å². The van der Waals surface area contributed by atoms with Gasteiger partial charge in [-0.25, -0.2) is 5.01 Å². The van der Waals surface area contributed by atoms with E-state index in [0.717, 1.165) is 31.2 Å². The van der Waals surface area contributed by atoms with E-state index in [1.807, 2.05) is 12.1 Å². The Morgan fingerprint density at radius 2 is 1.83 bits per heavy atom. The van der Waals surface area contributed by atoms with Crippen molar-refractivity contribution in [2.24, 2.45) is 0 Å². The van der Waals surface area contributed by atoms with Crippen LogP contribution in [0.2, 0.25) is 5.02 Å². The molecule has 4 nitrogen and oxygen atoms in total. The lowest BCUT2D eigenvalue weighted by Gasteiger charge is -2.33. The standard InChI is InChI=1S/C19H25ClN4/c1-22-13-17-18(21-22)8-11-24(12-15-4-6-16(20)7-5-15)19(17)14-23-9-2-3-10-23/h4-8,21H,2-3,9-14H2,1H3. The zero-order chi connectivity index (χ0) is 16.5. The van der Waals surface area contributed by atoms with Crippen LogP contribution in [0.3, 0.4) is 0 Å². The van der Waals surface area contributed by atoms with E-state index in [-0.39, 0.29) is 0 Å². The monoisotopic (exact) mass is 344 g/mol. The fourth-order valence-corrected chi connectivity index (χ4v) is 4.00. The van der Waals surface area contributed by atoms with Gasteiger partial charge in [0.1, 0.15) is 0 Å². The summed E-state index contributed by atoms with van der Waals surface area (Å²) < 4.78 is 0. The largest absolute Gasteiger partial charge is 0.365 e. The van der Waals surface area contributed by atoms with Gasteiger partial charge < -0.3 is 10.3 Å². The Bertz CT molecular complexity index is 658. The molecule has 0 spiro atoms. The van der Waals surface area contributed by atoms with Crippen LogP contribution >= 0.6 is 11.6 Å². The summed E-state index contributed by atoms with van der Waals surface area (Å²) in [6.07, 6.45) is 4.99. The van der Waals surface area contributed by atoms with Gasteiger partial charge in [-0.1, -0.05) is 23.7 Å². The van der Waals surface area contributed by atoms with E-state index in [0.29, 0.717) is 0 Å². The van der Waals surface area contributed by atoms with Gasteiger partial charge in [-0.15, -0.1) is 0 Å². The maximum Gasteiger partial charge on any atom is 0.0531 e. The van der Waals surface area contributed by atoms with Crippen LogP contribution in [0.4, 0.5) is 0 Å². The Balaban J connectivity index is 1.59. The molecule has 3 aliphatic rings. The molecule has 2 saturated heterocycles. The van der Waals surface area contributed by atoms with Gasteiger partial charge in [0.2, 0.25) is 0 Å². The first-order valence-electron chi connectivity index (χ1n) is 8.81. The molecule has 0 atom stereocenters. The highest BCUT2D eigenvalue weighted by Gasteiger charge is 2.29. The number of hydrazine groups is 1. The van der Waals surface area contributed by atoms with Crippen LogP contribution in [0, 0.1) is 0 Å². The van der Waals surface area contributed by atoms with E-state index < -0.39 is 0 Å². The summed E-state index contributed by atoms with van der Waals surface area (Å²) in [6, 6.07) is 8.25. The van der Waals surface area contributed by atoms with Gasteiger partial charge >= 0.3 is 0 Å². The minimum atomic E-state index is 0.803. The highest BCUT2D eigenvalue weighted by molar-refractivity contribution is 6.30. The molecule has 0 unspecified atom stereocenters. The minimum Gasteiger partial charge on any atom is -0.365 e. The normalized spacial score (nSPS) is 21.9. The molecule has 5 heteroatoms. The number of hydrogen-bond acceptors (Lipinski definition) is 4. The van der Waals surface area contributed by atoms with Crippen molar-refractivity contribution in [3.8, 4) is 0 Å². The number of halogens is 1. The van der Waals surface area contributed by atoms with E-state index in [4.69, 9.17) is 11.6 Å². The third kappa shape index (κ3) is 3.32. The Hall–Kier alpha value is -1.49. The third-order valence-corrected chi connectivity index (χ3v) is 5.39. The average molecular weight is 345 g/mol. The number of rotatable bonds is 4. The van der Waals surface area contributed by atoms with E-state index in [9.17, 15) is 0 Å². The number of nitrogens with zero attached hydrogens (tertiary/aromatic N) is 3. The highest BCUT2D eigenvalue weighted by Crippen LogP contribution is 2.29. The molecule has 0 saturated carbocycles. The fourth-order valence-electron chi connectivity index (χ4n) is 3.87. The van der Waals surface area contributed by atoms with E-state index in [1.165, 1.54) is 48.5 Å². The van der Waals surface area contributed by atoms with Gasteiger partial charge in [0.25, 0.3) is 0 Å². The van der Waals surface area contributed by atoms with E-state index in [2.05, 4.69) is 45.5 Å². The van der Waals surface area contributed by atoms with Crippen molar-refractivity contribution in [1.29, 1.82) is 0 Å². The summed E-state index contributed by atoms with van der Waals surface area (Å²) in [7, 11) is 2.11. The third-order valence-electron chi connectivity index (χ3n) is 5.14. The van der Waals surface area contributed by atoms with Crippen LogP contribution in [0.1, 0.15) is 18.4 Å². The molecule has 0 radical (unpaired) electrons. The molecule has 4 rings (SSSR count). The van der Waals surface area contributed by atoms with Crippen LogP contribution in [0.15, 0.2) is 47.3 Å². The molecule has 0 aliphatic carbocycles. The Morgan fingerprint density at radius 1 is 1.08 bits per heavy atom. The summed E-state index contributed by atoms with van der Waals surface area (Å²) in [4.78, 5) is 5.12. The van der Waals surface area contributed by atoms with E-state index >= 15 is 0 Å². The number of likely N-dealkylation sites (tertiary alicyclic amines) is 1. The number of nitrogens with one attached hydrogen (secondary N) is 1. The summed E-state index contributed by atoms with van der Waals surface area (Å²) >= 11 is 6.03. The lowest BCUT2D eigenvalue weighted by atomic mass is 10.0. The summed E-state index contributed by atoms with van der Waals surface area (Å²) in [6.45, 7) is 6.41. The van der Waals surface area contributed by atoms with E-state index in [1.54, 1.807) is 0 Å². The summed E-state index contributed by atoms with van der Waals surface area (Å²) in [5, 5.41) is 2.98. The quantitative estimate of drug-likeness (QED) is 0.906. The topological polar surface area (TPSA) is 21.8 Å². The predicted octanol–water partition coefficient (Wildman–Crippen LogP) is 2.84. The zero-order valence-corrected chi connectivity index (χ0v) is 15.0. The maximum absolute atomic E-state index is 6.03. The summed E-state index contributed by atoms with van der Waals surface area (Å²) in [5.41, 5.74) is 9.05. The number of likely N-dealkylation sites (N-methyl/N-ethyl adjacent to an activating group) is 1. The van der Waals surface area contributed by atoms with Crippen molar-refractivity contribution in [3.63, 3.8) is 0 Å². The van der Waals surface area contributed by atoms with Crippen LogP contribution < -0.4 is 5.43 Å². The minimum absolute atomic E-state index is 0.803. The summed E-state index contributed by atoms with van der Waals surface area (Å²) in [5.74, 6) is 0. The van der Waals surface area contributed by atoms with Crippen LogP contribution in [0.25, 0.3) is 0 Å². The molecule has 0 amide bonds. The molecule has 2 fully saturated rings. The number of hydrogen-bond donors (Lipinski definition) is 1. The van der Waals surface area contributed by atoms with Crippen LogP contribution in [-0.2, 0) is 6.54 Å². The van der Waals surface area contributed by atoms with Crippen molar-refractivity contribution < 1.29 is 0 Å². The Labute approximate surface area is 149 Å². The van der Waals surface area contributed by atoms with Gasteiger partial charge in [0.15, 0.2) is 0 Å². The number of fused-ring (bicyclic) bond motifs is 1. The second kappa shape index (κ2) is 6.79. The second-order valence-corrected chi connectivity index (χ2v) is 7.44. The first-order chi connectivity index (χ1) is 11.7. The molecule has 1 N–H and O–H groups in total. The van der Waals surface area contributed by atoms with Crippen LogP contribution in [0.5, 0.6) is 0 Å². The maximum atomic E-state index is 6.03. The van der Waals surface area contributed by atoms with Crippen molar-refractivity contribution >= 4 is 11.6 Å². The van der Waals surface area contributed by atoms with Gasteiger partial charge in [0, 0.05) is 49.5 Å². The molecule has 3 heterocycles. The molecule has 1 aromatic carbocycles. The van der Waals surface area contributed by atoms with Gasteiger partial charge in [0.05, 0.1) is 5.70 Å². The Kier molecular flexibility index (Phi) is 4.53. The first kappa shape index (κ1) is 16.0. The van der Waals surface area contributed by atoms with Gasteiger partial charge in [-0.3, -0.25) is 4.90 Å². The van der Waals surface area contributed by atoms with Crippen molar-refractivity contribution in [2.75, 3.05) is 39.8 Å². The first-order valence-corrected chi connectivity index (χ1v) is 9.19. The lowest BCUT2D eigenvalue weighted by Crippen LogP contribution is -2.35. The van der Waals surface area contributed by atoms with Crippen molar-refractivity contribution in [2.45, 2.75) is 19.4 Å². The average Bonchev–Trinajstić information content (AvgIpc) is 3.20.